The van der Waals surface area contributed by atoms with E-state index in [4.69, 9.17) is 5.73 Å². The van der Waals surface area contributed by atoms with Gasteiger partial charge in [0.25, 0.3) is 0 Å². The Hall–Kier alpha value is -2.80. The van der Waals surface area contributed by atoms with Crippen molar-refractivity contribution >= 4 is 17.6 Å². The second kappa shape index (κ2) is 7.40. The molecule has 2 atom stereocenters. The number of nitrogens with two attached hydrogens (primary N) is 1. The summed E-state index contributed by atoms with van der Waals surface area (Å²) in [5, 5.41) is 5.36. The fourth-order valence-electron chi connectivity index (χ4n) is 2.86. The molecule has 2 heterocycles. The Bertz CT molecular complexity index is 796. The topological polar surface area (TPSA) is 97.1 Å². The monoisotopic (exact) mass is 342 g/mol. The minimum absolute atomic E-state index is 0.0119. The van der Waals surface area contributed by atoms with Crippen LogP contribution < -0.4 is 16.4 Å². The summed E-state index contributed by atoms with van der Waals surface area (Å²) in [6.07, 6.45) is 2.24. The molecule has 0 saturated heterocycles. The van der Waals surface area contributed by atoms with E-state index >= 15 is 0 Å². The van der Waals surface area contributed by atoms with Crippen LogP contribution in [0.25, 0.3) is 0 Å². The smallest absolute Gasteiger partial charge is 0.248 e. The maximum atomic E-state index is 13.6. The average molecular weight is 342 g/mol. The molecule has 0 unspecified atom stereocenters. The van der Waals surface area contributed by atoms with E-state index in [0.29, 0.717) is 17.8 Å². The van der Waals surface area contributed by atoms with Crippen molar-refractivity contribution in [1.82, 2.24) is 10.3 Å². The predicted octanol–water partition coefficient (Wildman–Crippen LogP) is 1.16. The van der Waals surface area contributed by atoms with E-state index in [1.54, 1.807) is 30.5 Å². The number of carbonyl (C=O) groups excluding carboxylic acids is 2. The zero-order valence-corrected chi connectivity index (χ0v) is 13.5. The Morgan fingerprint density at radius 3 is 2.96 bits per heavy atom. The summed E-state index contributed by atoms with van der Waals surface area (Å²) >= 11 is 0. The molecule has 0 fully saturated rings. The van der Waals surface area contributed by atoms with Crippen LogP contribution in [-0.2, 0) is 22.4 Å². The highest BCUT2D eigenvalue weighted by atomic mass is 19.1. The molecule has 130 valence electrons. The van der Waals surface area contributed by atoms with Gasteiger partial charge in [-0.25, -0.2) is 9.37 Å². The van der Waals surface area contributed by atoms with Crippen LogP contribution in [0.5, 0.6) is 0 Å². The Balaban J connectivity index is 1.56. The molecule has 1 aromatic heterocycles. The van der Waals surface area contributed by atoms with E-state index in [1.165, 1.54) is 6.07 Å². The van der Waals surface area contributed by atoms with Gasteiger partial charge >= 0.3 is 0 Å². The van der Waals surface area contributed by atoms with Gasteiger partial charge in [-0.15, -0.1) is 0 Å². The summed E-state index contributed by atoms with van der Waals surface area (Å²) in [6, 6.07) is 8.77. The molecule has 1 aliphatic rings. The van der Waals surface area contributed by atoms with E-state index in [1.807, 2.05) is 6.07 Å². The van der Waals surface area contributed by atoms with E-state index < -0.39 is 12.1 Å². The number of benzene rings is 1. The van der Waals surface area contributed by atoms with Gasteiger partial charge in [-0.2, -0.15) is 0 Å². The molecule has 2 aromatic rings. The first-order valence-electron chi connectivity index (χ1n) is 8.06. The Kier molecular flexibility index (Phi) is 5.04. The van der Waals surface area contributed by atoms with Crippen LogP contribution in [0.2, 0.25) is 0 Å². The molecule has 0 aliphatic carbocycles. The van der Waals surface area contributed by atoms with Crippen molar-refractivity contribution < 1.29 is 14.0 Å². The number of aromatic nitrogens is 1. The van der Waals surface area contributed by atoms with Crippen LogP contribution in [0.1, 0.15) is 17.5 Å². The largest absolute Gasteiger partial charge is 0.344 e. The van der Waals surface area contributed by atoms with E-state index in [0.717, 1.165) is 5.56 Å². The molecule has 7 heteroatoms. The normalized spacial score (nSPS) is 17.4. The summed E-state index contributed by atoms with van der Waals surface area (Å²) in [7, 11) is 0. The van der Waals surface area contributed by atoms with Crippen LogP contribution in [0.4, 0.5) is 10.2 Å². The number of hydrogen-bond donors (Lipinski definition) is 3. The first-order valence-corrected chi connectivity index (χ1v) is 8.06. The lowest BCUT2D eigenvalue weighted by atomic mass is 10.0. The first kappa shape index (κ1) is 17.0. The fraction of sp³-hybridized carbons (Fsp3) is 0.278. The molecule has 1 aromatic carbocycles. The highest BCUT2D eigenvalue weighted by molar-refractivity contribution is 5.99. The minimum Gasteiger partial charge on any atom is -0.344 e. The highest BCUT2D eigenvalue weighted by Gasteiger charge is 2.28. The third-order valence-corrected chi connectivity index (χ3v) is 4.10. The average Bonchev–Trinajstić information content (AvgIpc) is 2.57. The van der Waals surface area contributed by atoms with Crippen molar-refractivity contribution in [3.8, 4) is 0 Å². The molecule has 25 heavy (non-hydrogen) atoms. The Morgan fingerprint density at radius 1 is 1.36 bits per heavy atom. The van der Waals surface area contributed by atoms with Gasteiger partial charge in [0.05, 0.1) is 0 Å². The molecule has 0 bridgehead atoms. The maximum absolute atomic E-state index is 13.6. The van der Waals surface area contributed by atoms with Gasteiger partial charge in [0.1, 0.15) is 17.7 Å². The molecule has 6 nitrogen and oxygen atoms in total. The van der Waals surface area contributed by atoms with Crippen LogP contribution in [0, 0.1) is 5.82 Å². The van der Waals surface area contributed by atoms with Crippen molar-refractivity contribution in [2.45, 2.75) is 31.3 Å². The SMILES string of the molecule is N[C@@H](CC(=O)N[C@H]1Cc2cccnc2NC1=O)Cc1ccccc1F. The molecule has 4 N–H and O–H groups in total. The van der Waals surface area contributed by atoms with E-state index in [-0.39, 0.29) is 30.5 Å². The van der Waals surface area contributed by atoms with Crippen molar-refractivity contribution in [2.75, 3.05) is 5.32 Å². The van der Waals surface area contributed by atoms with Crippen molar-refractivity contribution in [3.63, 3.8) is 0 Å². The lowest BCUT2D eigenvalue weighted by Gasteiger charge is -2.25. The van der Waals surface area contributed by atoms with E-state index in [2.05, 4.69) is 15.6 Å². The second-order valence-electron chi connectivity index (χ2n) is 6.08. The van der Waals surface area contributed by atoms with Gasteiger partial charge in [0.15, 0.2) is 0 Å². The van der Waals surface area contributed by atoms with Crippen LogP contribution >= 0.6 is 0 Å². The van der Waals surface area contributed by atoms with Crippen molar-refractivity contribution in [3.05, 3.63) is 59.5 Å². The number of amides is 2. The third-order valence-electron chi connectivity index (χ3n) is 4.10. The number of pyridine rings is 1. The second-order valence-corrected chi connectivity index (χ2v) is 6.08. The minimum atomic E-state index is -0.662. The van der Waals surface area contributed by atoms with Gasteiger partial charge in [0.2, 0.25) is 11.8 Å². The summed E-state index contributed by atoms with van der Waals surface area (Å²) in [4.78, 5) is 28.3. The molecule has 1 aliphatic heterocycles. The van der Waals surface area contributed by atoms with Gasteiger partial charge in [-0.1, -0.05) is 24.3 Å². The number of nitrogens with zero attached hydrogens (tertiary/aromatic N) is 1. The van der Waals surface area contributed by atoms with Gasteiger partial charge in [-0.05, 0) is 29.7 Å². The Morgan fingerprint density at radius 2 is 2.16 bits per heavy atom. The summed E-state index contributed by atoms with van der Waals surface area (Å²) in [6.45, 7) is 0. The molecule has 0 spiro atoms. The van der Waals surface area contributed by atoms with Gasteiger partial charge in [-0.3, -0.25) is 9.59 Å². The van der Waals surface area contributed by atoms with Gasteiger partial charge < -0.3 is 16.4 Å². The van der Waals surface area contributed by atoms with Crippen molar-refractivity contribution in [1.29, 1.82) is 0 Å². The summed E-state index contributed by atoms with van der Waals surface area (Å²) < 4.78 is 13.6. The van der Waals surface area contributed by atoms with E-state index in [9.17, 15) is 14.0 Å². The molecule has 0 radical (unpaired) electrons. The number of carbonyl (C=O) groups is 2. The quantitative estimate of drug-likeness (QED) is 0.759. The molecular weight excluding hydrogens is 323 g/mol. The summed E-state index contributed by atoms with van der Waals surface area (Å²) in [5.74, 6) is -0.457. The van der Waals surface area contributed by atoms with Crippen molar-refractivity contribution in [2.24, 2.45) is 5.73 Å². The standard InChI is InChI=1S/C18H19FN4O2/c19-14-6-2-1-4-11(14)8-13(20)10-16(24)22-15-9-12-5-3-7-21-17(12)23-18(15)25/h1-7,13,15H,8-10,20H2,(H,22,24)(H,21,23,25)/t13-,15+/m1/s1. The zero-order chi connectivity index (χ0) is 17.8. The number of halogens is 1. The molecule has 0 saturated carbocycles. The number of fused-ring (bicyclic) bond motifs is 1. The lowest BCUT2D eigenvalue weighted by molar-refractivity contribution is -0.126. The number of nitrogens with one attached hydrogen (secondary N) is 2. The van der Waals surface area contributed by atoms with Crippen LogP contribution in [-0.4, -0.2) is 28.9 Å². The molecular formula is C18H19FN4O2. The van der Waals surface area contributed by atoms with Crippen LogP contribution in [0.3, 0.4) is 0 Å². The van der Waals surface area contributed by atoms with Gasteiger partial charge in [0, 0.05) is 25.1 Å². The summed E-state index contributed by atoms with van der Waals surface area (Å²) in [5.41, 5.74) is 7.29. The lowest BCUT2D eigenvalue weighted by Crippen LogP contribution is -2.49. The predicted molar refractivity (Wildman–Crippen MR) is 91.2 cm³/mol. The molecule has 3 rings (SSSR count). The number of hydrogen-bond acceptors (Lipinski definition) is 4. The fourth-order valence-corrected chi connectivity index (χ4v) is 2.86. The zero-order valence-electron chi connectivity index (χ0n) is 13.5. The highest BCUT2D eigenvalue weighted by Crippen LogP contribution is 2.19. The maximum Gasteiger partial charge on any atom is 0.248 e. The van der Waals surface area contributed by atoms with Crippen LogP contribution in [0.15, 0.2) is 42.6 Å². The number of anilines is 1. The third kappa shape index (κ3) is 4.19. The number of rotatable bonds is 5. The molecule has 2 amide bonds. The Labute approximate surface area is 144 Å². The first-order chi connectivity index (χ1) is 12.0.